The van der Waals surface area contributed by atoms with Gasteiger partial charge in [-0.05, 0) is 41.8 Å². The number of carbonyl (C=O) groups is 2. The van der Waals surface area contributed by atoms with Crippen molar-refractivity contribution in [3.8, 4) is 5.75 Å². The lowest BCUT2D eigenvalue weighted by molar-refractivity contribution is 0.0950. The lowest BCUT2D eigenvalue weighted by atomic mass is 10.1. The van der Waals surface area contributed by atoms with E-state index < -0.39 is 0 Å². The number of hydrogen-bond acceptors (Lipinski definition) is 3. The lowest BCUT2D eigenvalue weighted by Crippen LogP contribution is -2.27. The van der Waals surface area contributed by atoms with Gasteiger partial charge in [0.2, 0.25) is 0 Å². The van der Waals surface area contributed by atoms with Crippen LogP contribution in [0.3, 0.4) is 0 Å². The monoisotopic (exact) mass is 388 g/mol. The summed E-state index contributed by atoms with van der Waals surface area (Å²) in [6, 6.07) is 24.1. The zero-order chi connectivity index (χ0) is 20.5. The molecule has 0 fully saturated rings. The molecule has 0 aliphatic rings. The molecule has 0 saturated heterocycles. The molecule has 2 N–H and O–H groups in total. The van der Waals surface area contributed by atoms with Gasteiger partial charge in [0.25, 0.3) is 11.8 Å². The Morgan fingerprint density at radius 3 is 2.17 bits per heavy atom. The van der Waals surface area contributed by atoms with Gasteiger partial charge in [0.05, 0.1) is 7.11 Å². The van der Waals surface area contributed by atoms with E-state index in [4.69, 9.17) is 4.74 Å². The van der Waals surface area contributed by atoms with Gasteiger partial charge in [0, 0.05) is 24.2 Å². The highest BCUT2D eigenvalue weighted by Gasteiger charge is 2.11. The standard InChI is InChI=1S/C24H24N2O3/c1-29-22-13-6-5-10-19(22)14-15-25-23(27)20-11-7-12-21(16-20)24(28)26-17-18-8-3-2-4-9-18/h2-13,16H,14-15,17H2,1H3,(H,25,27)(H,26,28). The van der Waals surface area contributed by atoms with E-state index in [1.807, 2.05) is 54.6 Å². The van der Waals surface area contributed by atoms with Crippen molar-refractivity contribution in [2.75, 3.05) is 13.7 Å². The number of nitrogens with one attached hydrogen (secondary N) is 2. The van der Waals surface area contributed by atoms with Crippen LogP contribution in [0.25, 0.3) is 0 Å². The molecule has 0 aromatic heterocycles. The van der Waals surface area contributed by atoms with Crippen molar-refractivity contribution in [1.29, 1.82) is 0 Å². The average molecular weight is 388 g/mol. The summed E-state index contributed by atoms with van der Waals surface area (Å²) >= 11 is 0. The molecule has 5 nitrogen and oxygen atoms in total. The summed E-state index contributed by atoms with van der Waals surface area (Å²) in [6.45, 7) is 0.915. The molecule has 0 aliphatic heterocycles. The highest BCUT2D eigenvalue weighted by molar-refractivity contribution is 5.99. The smallest absolute Gasteiger partial charge is 0.251 e. The second kappa shape index (κ2) is 10.1. The maximum absolute atomic E-state index is 12.5. The van der Waals surface area contributed by atoms with Crippen molar-refractivity contribution in [1.82, 2.24) is 10.6 Å². The summed E-state index contributed by atoms with van der Waals surface area (Å²) in [5.41, 5.74) is 2.96. The first-order chi connectivity index (χ1) is 14.2. The Balaban J connectivity index is 1.55. The van der Waals surface area contributed by atoms with Gasteiger partial charge < -0.3 is 15.4 Å². The van der Waals surface area contributed by atoms with E-state index in [0.29, 0.717) is 30.6 Å². The second-order valence-corrected chi connectivity index (χ2v) is 6.57. The van der Waals surface area contributed by atoms with Crippen molar-refractivity contribution in [3.63, 3.8) is 0 Å². The van der Waals surface area contributed by atoms with E-state index in [2.05, 4.69) is 10.6 Å². The van der Waals surface area contributed by atoms with Crippen LogP contribution in [0.15, 0.2) is 78.9 Å². The maximum atomic E-state index is 12.5. The molecular weight excluding hydrogens is 364 g/mol. The van der Waals surface area contributed by atoms with Gasteiger partial charge >= 0.3 is 0 Å². The van der Waals surface area contributed by atoms with Crippen LogP contribution in [0.2, 0.25) is 0 Å². The molecule has 3 aromatic carbocycles. The highest BCUT2D eigenvalue weighted by Crippen LogP contribution is 2.17. The van der Waals surface area contributed by atoms with Gasteiger partial charge in [-0.15, -0.1) is 0 Å². The molecule has 0 heterocycles. The third-order valence-electron chi connectivity index (χ3n) is 4.56. The quantitative estimate of drug-likeness (QED) is 0.620. The molecule has 0 aliphatic carbocycles. The normalized spacial score (nSPS) is 10.2. The molecule has 2 amide bonds. The van der Waals surface area contributed by atoms with Crippen LogP contribution in [0.4, 0.5) is 0 Å². The lowest BCUT2D eigenvalue weighted by Gasteiger charge is -2.10. The van der Waals surface area contributed by atoms with Crippen molar-refractivity contribution in [2.45, 2.75) is 13.0 Å². The summed E-state index contributed by atoms with van der Waals surface area (Å²) in [6.07, 6.45) is 0.660. The fourth-order valence-electron chi connectivity index (χ4n) is 3.00. The molecule has 0 saturated carbocycles. The first-order valence-corrected chi connectivity index (χ1v) is 9.49. The van der Waals surface area contributed by atoms with E-state index in [-0.39, 0.29) is 11.8 Å². The molecule has 5 heteroatoms. The molecule has 0 radical (unpaired) electrons. The molecule has 0 atom stereocenters. The Morgan fingerprint density at radius 1 is 0.793 bits per heavy atom. The van der Waals surface area contributed by atoms with Crippen molar-refractivity contribution in [2.24, 2.45) is 0 Å². The van der Waals surface area contributed by atoms with E-state index in [1.165, 1.54) is 0 Å². The Kier molecular flexibility index (Phi) is 7.00. The van der Waals surface area contributed by atoms with Crippen LogP contribution >= 0.6 is 0 Å². The summed E-state index contributed by atoms with van der Waals surface area (Å²) in [7, 11) is 1.63. The number of para-hydroxylation sites is 1. The van der Waals surface area contributed by atoms with Crippen LogP contribution in [0, 0.1) is 0 Å². The minimum Gasteiger partial charge on any atom is -0.496 e. The Labute approximate surface area is 170 Å². The Bertz CT molecular complexity index is 971. The molecule has 29 heavy (non-hydrogen) atoms. The van der Waals surface area contributed by atoms with Crippen LogP contribution in [-0.4, -0.2) is 25.5 Å². The third-order valence-corrected chi connectivity index (χ3v) is 4.56. The van der Waals surface area contributed by atoms with Crippen LogP contribution in [0.1, 0.15) is 31.8 Å². The second-order valence-electron chi connectivity index (χ2n) is 6.57. The van der Waals surface area contributed by atoms with Gasteiger partial charge in [-0.3, -0.25) is 9.59 Å². The van der Waals surface area contributed by atoms with Gasteiger partial charge in [0.1, 0.15) is 5.75 Å². The SMILES string of the molecule is COc1ccccc1CCNC(=O)c1cccc(C(=O)NCc2ccccc2)c1. The average Bonchev–Trinajstić information content (AvgIpc) is 2.78. The fraction of sp³-hybridized carbons (Fsp3) is 0.167. The number of hydrogen-bond donors (Lipinski definition) is 2. The zero-order valence-electron chi connectivity index (χ0n) is 16.4. The van der Waals surface area contributed by atoms with Gasteiger partial charge in [-0.2, -0.15) is 0 Å². The number of rotatable bonds is 8. The van der Waals surface area contributed by atoms with Crippen molar-refractivity contribution >= 4 is 11.8 Å². The molecular formula is C24H24N2O3. The highest BCUT2D eigenvalue weighted by atomic mass is 16.5. The van der Waals surface area contributed by atoms with E-state index in [9.17, 15) is 9.59 Å². The fourth-order valence-corrected chi connectivity index (χ4v) is 3.00. The topological polar surface area (TPSA) is 67.4 Å². The third kappa shape index (κ3) is 5.69. The van der Waals surface area contributed by atoms with Gasteiger partial charge in [0.15, 0.2) is 0 Å². The van der Waals surface area contributed by atoms with Gasteiger partial charge in [-0.25, -0.2) is 0 Å². The zero-order valence-corrected chi connectivity index (χ0v) is 16.4. The molecule has 3 rings (SSSR count). The summed E-state index contributed by atoms with van der Waals surface area (Å²) in [5, 5.41) is 5.77. The van der Waals surface area contributed by atoms with Gasteiger partial charge in [-0.1, -0.05) is 54.6 Å². The number of carbonyl (C=O) groups excluding carboxylic acids is 2. The Hall–Kier alpha value is -3.60. The molecule has 3 aromatic rings. The number of methoxy groups -OCH3 is 1. The predicted octanol–water partition coefficient (Wildman–Crippen LogP) is 3.60. The first kappa shape index (κ1) is 20.1. The first-order valence-electron chi connectivity index (χ1n) is 9.49. The number of benzene rings is 3. The minimum atomic E-state index is -0.211. The van der Waals surface area contributed by atoms with Crippen LogP contribution < -0.4 is 15.4 Å². The van der Waals surface area contributed by atoms with E-state index >= 15 is 0 Å². The minimum absolute atomic E-state index is 0.211. The van der Waals surface area contributed by atoms with Crippen molar-refractivity contribution in [3.05, 3.63) is 101 Å². The number of ether oxygens (including phenoxy) is 1. The molecule has 0 unspecified atom stereocenters. The largest absolute Gasteiger partial charge is 0.496 e. The van der Waals surface area contributed by atoms with Crippen LogP contribution in [0.5, 0.6) is 5.75 Å². The Morgan fingerprint density at radius 2 is 1.45 bits per heavy atom. The van der Waals surface area contributed by atoms with E-state index in [0.717, 1.165) is 16.9 Å². The summed E-state index contributed by atoms with van der Waals surface area (Å²) in [5.74, 6) is 0.383. The van der Waals surface area contributed by atoms with Crippen molar-refractivity contribution < 1.29 is 14.3 Å². The molecule has 148 valence electrons. The molecule has 0 bridgehead atoms. The molecule has 0 spiro atoms. The van der Waals surface area contributed by atoms with E-state index in [1.54, 1.807) is 31.4 Å². The van der Waals surface area contributed by atoms with Crippen LogP contribution in [-0.2, 0) is 13.0 Å². The predicted molar refractivity (Wildman–Crippen MR) is 113 cm³/mol. The summed E-state index contributed by atoms with van der Waals surface area (Å²) < 4.78 is 5.33. The summed E-state index contributed by atoms with van der Waals surface area (Å²) in [4.78, 5) is 24.9. The maximum Gasteiger partial charge on any atom is 0.251 e. The number of amides is 2.